The third kappa shape index (κ3) is 4.42. The molecular formula is C31H34F3N5O2. The first-order valence-electron chi connectivity index (χ1n) is 14.7. The van der Waals surface area contributed by atoms with Crippen molar-refractivity contribution in [3.8, 4) is 5.75 Å². The molecule has 1 saturated heterocycles. The van der Waals surface area contributed by atoms with Gasteiger partial charge in [-0.1, -0.05) is 25.3 Å². The number of piperidine rings is 1. The van der Waals surface area contributed by atoms with Gasteiger partial charge in [-0.3, -0.25) is 9.69 Å². The molecule has 7 rings (SSSR count). The molecule has 0 N–H and O–H groups in total. The maximum Gasteiger partial charge on any atom is 0.416 e. The second-order valence-electron chi connectivity index (χ2n) is 12.0. The Balaban J connectivity index is 1.31. The number of aromatic nitrogens is 3. The van der Waals surface area contributed by atoms with Gasteiger partial charge >= 0.3 is 6.18 Å². The normalized spacial score (nSPS) is 20.4. The van der Waals surface area contributed by atoms with E-state index in [1.165, 1.54) is 11.0 Å². The van der Waals surface area contributed by atoms with E-state index in [9.17, 15) is 18.0 Å². The lowest BCUT2D eigenvalue weighted by molar-refractivity contribution is -0.138. The second kappa shape index (κ2) is 9.86. The van der Waals surface area contributed by atoms with Crippen LogP contribution in [-0.2, 0) is 38.1 Å². The van der Waals surface area contributed by atoms with Crippen molar-refractivity contribution >= 4 is 11.6 Å². The number of halogens is 3. The van der Waals surface area contributed by atoms with Crippen molar-refractivity contribution in [2.75, 3.05) is 24.6 Å². The molecule has 41 heavy (non-hydrogen) atoms. The van der Waals surface area contributed by atoms with E-state index in [0.717, 1.165) is 75.0 Å². The van der Waals surface area contributed by atoms with Crippen LogP contribution in [0.2, 0.25) is 0 Å². The minimum absolute atomic E-state index is 0.0472. The van der Waals surface area contributed by atoms with Gasteiger partial charge in [0, 0.05) is 25.6 Å². The fraction of sp³-hybridized carbons (Fsp3) is 0.516. The summed E-state index contributed by atoms with van der Waals surface area (Å²) < 4.78 is 51.2. The summed E-state index contributed by atoms with van der Waals surface area (Å²) in [5.41, 5.74) is 2.21. The molecule has 0 radical (unpaired) electrons. The van der Waals surface area contributed by atoms with Gasteiger partial charge in [0.05, 0.1) is 29.8 Å². The fourth-order valence-electron chi connectivity index (χ4n) is 7.48. The highest BCUT2D eigenvalue weighted by molar-refractivity contribution is 6.11. The third-order valence-corrected chi connectivity index (χ3v) is 9.47. The Kier molecular flexibility index (Phi) is 6.37. The third-order valence-electron chi connectivity index (χ3n) is 9.47. The number of likely N-dealkylation sites (tertiary alicyclic amines) is 1. The molecule has 3 aliphatic heterocycles. The number of amides is 1. The van der Waals surface area contributed by atoms with Gasteiger partial charge in [0.25, 0.3) is 5.91 Å². The van der Waals surface area contributed by atoms with Crippen molar-refractivity contribution in [3.63, 3.8) is 0 Å². The van der Waals surface area contributed by atoms with Gasteiger partial charge in [-0.25, -0.2) is 0 Å². The van der Waals surface area contributed by atoms with Crippen LogP contribution in [0.4, 0.5) is 18.9 Å². The Morgan fingerprint density at radius 3 is 2.51 bits per heavy atom. The number of anilines is 1. The average Bonchev–Trinajstić information content (AvgIpc) is 3.75. The minimum atomic E-state index is -4.56. The lowest BCUT2D eigenvalue weighted by Crippen LogP contribution is -2.29. The quantitative estimate of drug-likeness (QED) is 0.393. The van der Waals surface area contributed by atoms with Crippen LogP contribution in [0.15, 0.2) is 30.6 Å². The Morgan fingerprint density at radius 1 is 1.02 bits per heavy atom. The zero-order chi connectivity index (χ0) is 28.4. The Bertz CT molecular complexity index is 1500. The summed E-state index contributed by atoms with van der Waals surface area (Å²) in [7, 11) is 1.94. The standard InChI is InChI=1S/C31H34F3N5O2/c1-37-19-35-36-29(37)30(8-3-4-9-30)22-15-21-7-12-41-27(21)26(16-22)39-18-24-23(28(39)40)13-20(14-25(24)31(32,33)34)17-38-10-5-2-6-11-38/h13-16,19H,2-12,17-18H2,1H3. The second-order valence-corrected chi connectivity index (χ2v) is 12.0. The SMILES string of the molecule is Cn1cnnc1C1(c2cc3c(c(N4Cc5c(cc(CN6CCCCC6)cc5C(F)(F)F)C4=O)c2)OCC3)CCCC1. The van der Waals surface area contributed by atoms with E-state index in [1.54, 1.807) is 12.4 Å². The molecule has 2 fully saturated rings. The number of carbonyl (C=O) groups excluding carboxylic acids is 1. The van der Waals surface area contributed by atoms with E-state index in [0.29, 0.717) is 36.6 Å². The molecule has 1 aromatic heterocycles. The van der Waals surface area contributed by atoms with Crippen molar-refractivity contribution < 1.29 is 22.7 Å². The Labute approximate surface area is 237 Å². The zero-order valence-corrected chi connectivity index (χ0v) is 23.3. The monoisotopic (exact) mass is 565 g/mol. The van der Waals surface area contributed by atoms with Crippen molar-refractivity contribution in [1.82, 2.24) is 19.7 Å². The van der Waals surface area contributed by atoms with Gasteiger partial charge in [0.15, 0.2) is 0 Å². The summed E-state index contributed by atoms with van der Waals surface area (Å²) in [5.74, 6) is 1.07. The molecule has 1 amide bonds. The first-order valence-corrected chi connectivity index (χ1v) is 14.7. The summed E-state index contributed by atoms with van der Waals surface area (Å²) in [6, 6.07) is 7.06. The topological polar surface area (TPSA) is 63.5 Å². The molecule has 0 spiro atoms. The summed E-state index contributed by atoms with van der Waals surface area (Å²) in [6.45, 7) is 2.48. The summed E-state index contributed by atoms with van der Waals surface area (Å²) >= 11 is 0. The number of aryl methyl sites for hydroxylation is 1. The van der Waals surface area contributed by atoms with E-state index in [4.69, 9.17) is 4.74 Å². The van der Waals surface area contributed by atoms with E-state index >= 15 is 0 Å². The van der Waals surface area contributed by atoms with Gasteiger partial charge in [-0.05, 0) is 79.2 Å². The molecule has 1 saturated carbocycles. The number of carbonyl (C=O) groups is 1. The van der Waals surface area contributed by atoms with Gasteiger partial charge < -0.3 is 14.2 Å². The van der Waals surface area contributed by atoms with Crippen LogP contribution in [0.5, 0.6) is 5.75 Å². The fourth-order valence-corrected chi connectivity index (χ4v) is 7.48. The first-order chi connectivity index (χ1) is 19.7. The maximum atomic E-state index is 14.4. The van der Waals surface area contributed by atoms with Crippen LogP contribution in [0.25, 0.3) is 0 Å². The molecule has 10 heteroatoms. The van der Waals surface area contributed by atoms with Crippen molar-refractivity contribution in [1.29, 1.82) is 0 Å². The number of alkyl halides is 3. The van der Waals surface area contributed by atoms with Gasteiger partial charge in [0.1, 0.15) is 17.9 Å². The van der Waals surface area contributed by atoms with Gasteiger partial charge in [-0.2, -0.15) is 13.2 Å². The predicted octanol–water partition coefficient (Wildman–Crippen LogP) is 5.78. The number of benzene rings is 2. The Hall–Kier alpha value is -3.40. The van der Waals surface area contributed by atoms with E-state index in [1.807, 2.05) is 17.7 Å². The number of ether oxygens (including phenoxy) is 1. The van der Waals surface area contributed by atoms with Crippen LogP contribution in [0.3, 0.4) is 0 Å². The van der Waals surface area contributed by atoms with Crippen LogP contribution in [-0.4, -0.2) is 45.3 Å². The molecule has 0 bridgehead atoms. The summed E-state index contributed by atoms with van der Waals surface area (Å²) in [6.07, 6.45) is 4.93. The summed E-state index contributed by atoms with van der Waals surface area (Å²) in [5, 5.41) is 8.63. The Morgan fingerprint density at radius 2 is 1.80 bits per heavy atom. The molecule has 2 aromatic carbocycles. The lowest BCUT2D eigenvalue weighted by Gasteiger charge is -2.30. The smallest absolute Gasteiger partial charge is 0.416 e. The van der Waals surface area contributed by atoms with Crippen LogP contribution in [0, 0.1) is 0 Å². The number of hydrogen-bond donors (Lipinski definition) is 0. The number of rotatable bonds is 5. The largest absolute Gasteiger partial charge is 0.491 e. The van der Waals surface area contributed by atoms with Crippen molar-refractivity contribution in [2.24, 2.45) is 7.05 Å². The molecule has 4 heterocycles. The summed E-state index contributed by atoms with van der Waals surface area (Å²) in [4.78, 5) is 17.7. The molecule has 0 atom stereocenters. The van der Waals surface area contributed by atoms with Crippen LogP contribution < -0.4 is 9.64 Å². The molecule has 7 nitrogen and oxygen atoms in total. The highest BCUT2D eigenvalue weighted by Crippen LogP contribution is 2.50. The average molecular weight is 566 g/mol. The van der Waals surface area contributed by atoms with Gasteiger partial charge in [0.2, 0.25) is 0 Å². The van der Waals surface area contributed by atoms with E-state index in [-0.39, 0.29) is 23.1 Å². The van der Waals surface area contributed by atoms with Crippen molar-refractivity contribution in [3.05, 3.63) is 69.8 Å². The predicted molar refractivity (Wildman–Crippen MR) is 147 cm³/mol. The molecule has 3 aromatic rings. The van der Waals surface area contributed by atoms with Crippen molar-refractivity contribution in [2.45, 2.75) is 76.0 Å². The van der Waals surface area contributed by atoms with E-state index < -0.39 is 17.6 Å². The molecule has 4 aliphatic rings. The van der Waals surface area contributed by atoms with E-state index in [2.05, 4.69) is 21.2 Å². The zero-order valence-electron chi connectivity index (χ0n) is 23.3. The van der Waals surface area contributed by atoms with Crippen LogP contribution >= 0.6 is 0 Å². The molecule has 1 aliphatic carbocycles. The minimum Gasteiger partial charge on any atom is -0.491 e. The molecule has 216 valence electrons. The van der Waals surface area contributed by atoms with Gasteiger partial charge in [-0.15, -0.1) is 10.2 Å². The lowest BCUT2D eigenvalue weighted by atomic mass is 9.77. The van der Waals surface area contributed by atoms with Crippen LogP contribution in [0.1, 0.15) is 88.9 Å². The number of nitrogens with zero attached hydrogens (tertiary/aromatic N) is 5. The number of hydrogen-bond acceptors (Lipinski definition) is 5. The highest BCUT2D eigenvalue weighted by atomic mass is 19.4. The highest BCUT2D eigenvalue weighted by Gasteiger charge is 2.45. The number of fused-ring (bicyclic) bond motifs is 2. The first kappa shape index (κ1) is 26.5. The molecule has 0 unspecified atom stereocenters. The molecular weight excluding hydrogens is 531 g/mol. The maximum absolute atomic E-state index is 14.4.